The number of ether oxygens (including phenoxy) is 1. The molecule has 0 radical (unpaired) electrons. The molecular weight excluding hydrogens is 328 g/mol. The zero-order chi connectivity index (χ0) is 17.1. The topological polar surface area (TPSA) is 73.4 Å². The third-order valence-corrected chi connectivity index (χ3v) is 4.61. The van der Waals surface area contributed by atoms with Gasteiger partial charge in [0.25, 0.3) is 0 Å². The summed E-state index contributed by atoms with van der Waals surface area (Å²) in [5, 5.41) is 4.66. The number of amides is 1. The maximum Gasteiger partial charge on any atom is 0.224 e. The lowest BCUT2D eigenvalue weighted by Gasteiger charge is -2.16. The molecule has 2 atom stereocenters. The Morgan fingerprint density at radius 3 is 2.75 bits per heavy atom. The first-order chi connectivity index (χ1) is 11.6. The van der Waals surface area contributed by atoms with Crippen molar-refractivity contribution in [3.63, 3.8) is 0 Å². The van der Waals surface area contributed by atoms with Crippen molar-refractivity contribution in [1.82, 2.24) is 14.7 Å². The van der Waals surface area contributed by atoms with E-state index in [0.717, 1.165) is 11.3 Å². The van der Waals surface area contributed by atoms with E-state index in [1.807, 2.05) is 29.2 Å². The third-order valence-electron chi connectivity index (χ3n) is 4.42. The standard InChI is InChI=1S/C17H21ClN4O2/c1-24-14-4-2-12(3-5-14)15-10-21(11-16(15)19)17(23)6-7-22-9-13(18)8-20-22/h2-5,8-9,15-16H,6-7,10-11,19H2,1H3/t15-,16+/m1/s1. The summed E-state index contributed by atoms with van der Waals surface area (Å²) in [6, 6.07) is 7.83. The van der Waals surface area contributed by atoms with Crippen molar-refractivity contribution < 1.29 is 9.53 Å². The van der Waals surface area contributed by atoms with Gasteiger partial charge in [0, 0.05) is 44.2 Å². The zero-order valence-electron chi connectivity index (χ0n) is 13.6. The summed E-state index contributed by atoms with van der Waals surface area (Å²) >= 11 is 5.83. The summed E-state index contributed by atoms with van der Waals surface area (Å²) in [5.74, 6) is 1.06. The second kappa shape index (κ2) is 7.23. The lowest BCUT2D eigenvalue weighted by molar-refractivity contribution is -0.130. The number of aromatic nitrogens is 2. The monoisotopic (exact) mass is 348 g/mol. The van der Waals surface area contributed by atoms with Gasteiger partial charge in [-0.2, -0.15) is 5.10 Å². The molecule has 6 nitrogen and oxygen atoms in total. The predicted molar refractivity (Wildman–Crippen MR) is 92.1 cm³/mol. The van der Waals surface area contributed by atoms with E-state index < -0.39 is 0 Å². The Morgan fingerprint density at radius 2 is 2.12 bits per heavy atom. The van der Waals surface area contributed by atoms with Crippen molar-refractivity contribution in [1.29, 1.82) is 0 Å². The van der Waals surface area contributed by atoms with Crippen LogP contribution in [0.15, 0.2) is 36.7 Å². The number of aryl methyl sites for hydroxylation is 1. The normalized spacial score (nSPS) is 20.4. The fourth-order valence-corrected chi connectivity index (χ4v) is 3.22. The third kappa shape index (κ3) is 3.71. The van der Waals surface area contributed by atoms with Gasteiger partial charge in [-0.05, 0) is 17.7 Å². The first-order valence-corrected chi connectivity index (χ1v) is 8.30. The number of carbonyl (C=O) groups excluding carboxylic acids is 1. The number of hydrogen-bond donors (Lipinski definition) is 1. The van der Waals surface area contributed by atoms with Crippen LogP contribution in [0.5, 0.6) is 5.75 Å². The molecular formula is C17H21ClN4O2. The van der Waals surface area contributed by atoms with Gasteiger partial charge in [0.1, 0.15) is 5.75 Å². The maximum absolute atomic E-state index is 12.4. The average molecular weight is 349 g/mol. The summed E-state index contributed by atoms with van der Waals surface area (Å²) in [6.07, 6.45) is 3.67. The summed E-state index contributed by atoms with van der Waals surface area (Å²) in [7, 11) is 1.64. The summed E-state index contributed by atoms with van der Waals surface area (Å²) in [4.78, 5) is 14.3. The molecule has 3 rings (SSSR count). The zero-order valence-corrected chi connectivity index (χ0v) is 14.3. The van der Waals surface area contributed by atoms with E-state index in [0.29, 0.717) is 31.1 Å². The van der Waals surface area contributed by atoms with Gasteiger partial charge in [0.05, 0.1) is 18.3 Å². The molecule has 0 spiro atoms. The predicted octanol–water partition coefficient (Wildman–Crippen LogP) is 1.89. The quantitative estimate of drug-likeness (QED) is 0.895. The van der Waals surface area contributed by atoms with Crippen molar-refractivity contribution in [3.05, 3.63) is 47.2 Å². The molecule has 128 valence electrons. The first-order valence-electron chi connectivity index (χ1n) is 7.92. The number of hydrogen-bond acceptors (Lipinski definition) is 4. The van der Waals surface area contributed by atoms with Crippen LogP contribution >= 0.6 is 11.6 Å². The molecule has 1 aromatic heterocycles. The molecule has 24 heavy (non-hydrogen) atoms. The minimum atomic E-state index is -0.0542. The van der Waals surface area contributed by atoms with Crippen LogP contribution in [0, 0.1) is 0 Å². The van der Waals surface area contributed by atoms with Gasteiger partial charge in [0.2, 0.25) is 5.91 Å². The van der Waals surface area contributed by atoms with Crippen LogP contribution in [0.1, 0.15) is 17.9 Å². The Kier molecular flexibility index (Phi) is 5.06. The molecule has 1 aliphatic rings. The Morgan fingerprint density at radius 1 is 1.38 bits per heavy atom. The molecule has 1 amide bonds. The molecule has 0 bridgehead atoms. The van der Waals surface area contributed by atoms with E-state index in [1.165, 1.54) is 0 Å². The fraction of sp³-hybridized carbons (Fsp3) is 0.412. The number of halogens is 1. The number of nitrogens with zero attached hydrogens (tertiary/aromatic N) is 3. The Balaban J connectivity index is 1.58. The van der Waals surface area contributed by atoms with E-state index in [1.54, 1.807) is 24.2 Å². The van der Waals surface area contributed by atoms with E-state index >= 15 is 0 Å². The van der Waals surface area contributed by atoms with Gasteiger partial charge in [-0.3, -0.25) is 9.48 Å². The lowest BCUT2D eigenvalue weighted by Crippen LogP contribution is -2.32. The highest BCUT2D eigenvalue weighted by Gasteiger charge is 2.33. The van der Waals surface area contributed by atoms with Gasteiger partial charge in [0.15, 0.2) is 0 Å². The number of likely N-dealkylation sites (tertiary alicyclic amines) is 1. The molecule has 2 N–H and O–H groups in total. The lowest BCUT2D eigenvalue weighted by atomic mass is 9.95. The highest BCUT2D eigenvalue weighted by atomic mass is 35.5. The van der Waals surface area contributed by atoms with E-state index in [2.05, 4.69) is 5.10 Å². The number of methoxy groups -OCH3 is 1. The SMILES string of the molecule is COc1ccc([C@H]2CN(C(=O)CCn3cc(Cl)cn3)C[C@@H]2N)cc1. The number of carbonyl (C=O) groups is 1. The van der Waals surface area contributed by atoms with Crippen LogP contribution in [0.3, 0.4) is 0 Å². The summed E-state index contributed by atoms with van der Waals surface area (Å²) in [5.41, 5.74) is 7.40. The first kappa shape index (κ1) is 16.8. The van der Waals surface area contributed by atoms with E-state index in [-0.39, 0.29) is 17.9 Å². The fourth-order valence-electron chi connectivity index (χ4n) is 3.07. The largest absolute Gasteiger partial charge is 0.497 e. The molecule has 1 fully saturated rings. The second-order valence-electron chi connectivity index (χ2n) is 6.01. The minimum Gasteiger partial charge on any atom is -0.497 e. The Hall–Kier alpha value is -2.05. The second-order valence-corrected chi connectivity index (χ2v) is 6.45. The molecule has 2 heterocycles. The molecule has 7 heteroatoms. The van der Waals surface area contributed by atoms with Crippen LogP contribution in [-0.4, -0.2) is 46.8 Å². The van der Waals surface area contributed by atoms with Crippen LogP contribution < -0.4 is 10.5 Å². The highest BCUT2D eigenvalue weighted by Crippen LogP contribution is 2.28. The van der Waals surface area contributed by atoms with Gasteiger partial charge in [-0.15, -0.1) is 0 Å². The smallest absolute Gasteiger partial charge is 0.224 e. The molecule has 0 aliphatic carbocycles. The molecule has 1 saturated heterocycles. The minimum absolute atomic E-state index is 0.0542. The summed E-state index contributed by atoms with van der Waals surface area (Å²) in [6.45, 7) is 1.74. The van der Waals surface area contributed by atoms with Crippen LogP contribution in [0.25, 0.3) is 0 Å². The Labute approximate surface area is 146 Å². The van der Waals surface area contributed by atoms with Crippen molar-refractivity contribution >= 4 is 17.5 Å². The molecule has 1 aliphatic heterocycles. The number of nitrogens with two attached hydrogens (primary N) is 1. The van der Waals surface area contributed by atoms with Crippen LogP contribution in [0.4, 0.5) is 0 Å². The highest BCUT2D eigenvalue weighted by molar-refractivity contribution is 6.30. The van der Waals surface area contributed by atoms with Crippen molar-refractivity contribution in [3.8, 4) is 5.75 Å². The van der Waals surface area contributed by atoms with Gasteiger partial charge >= 0.3 is 0 Å². The van der Waals surface area contributed by atoms with Gasteiger partial charge < -0.3 is 15.4 Å². The van der Waals surface area contributed by atoms with Crippen molar-refractivity contribution in [2.75, 3.05) is 20.2 Å². The number of rotatable bonds is 5. The molecule has 2 aromatic rings. The molecule has 0 unspecified atom stereocenters. The van der Waals surface area contributed by atoms with Crippen LogP contribution in [-0.2, 0) is 11.3 Å². The van der Waals surface area contributed by atoms with Crippen molar-refractivity contribution in [2.24, 2.45) is 5.73 Å². The Bertz CT molecular complexity index is 701. The molecule has 0 saturated carbocycles. The van der Waals surface area contributed by atoms with Crippen LogP contribution in [0.2, 0.25) is 5.02 Å². The van der Waals surface area contributed by atoms with Gasteiger partial charge in [-0.1, -0.05) is 23.7 Å². The molecule has 1 aromatic carbocycles. The van der Waals surface area contributed by atoms with Crippen molar-refractivity contribution in [2.45, 2.75) is 24.9 Å². The number of benzene rings is 1. The maximum atomic E-state index is 12.4. The van der Waals surface area contributed by atoms with E-state index in [4.69, 9.17) is 22.1 Å². The van der Waals surface area contributed by atoms with Gasteiger partial charge in [-0.25, -0.2) is 0 Å². The van der Waals surface area contributed by atoms with E-state index in [9.17, 15) is 4.79 Å². The summed E-state index contributed by atoms with van der Waals surface area (Å²) < 4.78 is 6.86. The average Bonchev–Trinajstić information content (AvgIpc) is 3.18.